The van der Waals surface area contributed by atoms with Gasteiger partial charge in [-0.3, -0.25) is 0 Å². The number of rotatable bonds is 3. The molecule has 2 N–H and O–H groups in total. The van der Waals surface area contributed by atoms with Gasteiger partial charge in [0.15, 0.2) is 10.8 Å². The summed E-state index contributed by atoms with van der Waals surface area (Å²) in [6, 6.07) is 1.28. The SMILES string of the molecule is FC(F)(F)c1cc(N2CCCCC2)nc(NC(=S)NC2CCCCCC2)n1. The number of alkyl halides is 3. The minimum absolute atomic E-state index is 0.100. The number of thiocarbonyl (C=S) groups is 1. The molecule has 27 heavy (non-hydrogen) atoms. The van der Waals surface area contributed by atoms with E-state index >= 15 is 0 Å². The Hall–Kier alpha value is -1.64. The van der Waals surface area contributed by atoms with Crippen LogP contribution in [0.3, 0.4) is 0 Å². The zero-order valence-corrected chi connectivity index (χ0v) is 16.1. The lowest BCUT2D eigenvalue weighted by Crippen LogP contribution is -2.38. The summed E-state index contributed by atoms with van der Waals surface area (Å²) in [5.74, 6) is 0.202. The molecule has 0 aromatic carbocycles. The van der Waals surface area contributed by atoms with Gasteiger partial charge >= 0.3 is 6.18 Å². The van der Waals surface area contributed by atoms with Crippen LogP contribution in [0.2, 0.25) is 0 Å². The van der Waals surface area contributed by atoms with Crippen molar-refractivity contribution in [3.05, 3.63) is 11.8 Å². The lowest BCUT2D eigenvalue weighted by molar-refractivity contribution is -0.141. The molecule has 0 atom stereocenters. The first-order chi connectivity index (χ1) is 12.9. The standard InChI is InChI=1S/C18H26F3N5S/c19-18(20,21)14-12-15(26-10-6-3-7-11-26)24-16(23-14)25-17(27)22-13-8-4-1-2-5-9-13/h12-13H,1-11H2,(H2,22,23,24,25,27). The molecule has 1 saturated carbocycles. The highest BCUT2D eigenvalue weighted by atomic mass is 32.1. The first-order valence-corrected chi connectivity index (χ1v) is 10.1. The average Bonchev–Trinajstić information content (AvgIpc) is 2.90. The molecule has 0 amide bonds. The fourth-order valence-corrected chi connectivity index (χ4v) is 3.93. The highest BCUT2D eigenvalue weighted by Crippen LogP contribution is 2.31. The molecule has 2 fully saturated rings. The van der Waals surface area contributed by atoms with Crippen LogP contribution in [0, 0.1) is 0 Å². The summed E-state index contributed by atoms with van der Waals surface area (Å²) in [5, 5.41) is 6.27. The van der Waals surface area contributed by atoms with Crippen molar-refractivity contribution in [2.75, 3.05) is 23.3 Å². The highest BCUT2D eigenvalue weighted by molar-refractivity contribution is 7.80. The maximum Gasteiger partial charge on any atom is 0.433 e. The fourth-order valence-electron chi connectivity index (χ4n) is 3.67. The molecular weight excluding hydrogens is 375 g/mol. The first-order valence-electron chi connectivity index (χ1n) is 9.70. The predicted molar refractivity (Wildman–Crippen MR) is 104 cm³/mol. The monoisotopic (exact) mass is 401 g/mol. The molecule has 1 aromatic rings. The minimum atomic E-state index is -4.53. The molecule has 2 heterocycles. The van der Waals surface area contributed by atoms with E-state index in [1.807, 2.05) is 4.90 Å². The normalized spacial score (nSPS) is 19.4. The molecule has 0 bridgehead atoms. The van der Waals surface area contributed by atoms with Crippen molar-refractivity contribution in [2.24, 2.45) is 0 Å². The smallest absolute Gasteiger partial charge is 0.360 e. The van der Waals surface area contributed by atoms with Gasteiger partial charge in [0, 0.05) is 25.2 Å². The van der Waals surface area contributed by atoms with Gasteiger partial charge in [0.2, 0.25) is 5.95 Å². The zero-order valence-electron chi connectivity index (χ0n) is 15.3. The predicted octanol–water partition coefficient (Wildman–Crippen LogP) is 4.49. The summed E-state index contributed by atoms with van der Waals surface area (Å²) in [6.07, 6.45) is 5.22. The van der Waals surface area contributed by atoms with Crippen LogP contribution in [-0.2, 0) is 6.18 Å². The second-order valence-corrected chi connectivity index (χ2v) is 7.68. The number of nitrogens with zero attached hydrogens (tertiary/aromatic N) is 3. The molecule has 1 saturated heterocycles. The molecule has 0 radical (unpaired) electrons. The van der Waals surface area contributed by atoms with E-state index in [4.69, 9.17) is 12.2 Å². The summed E-state index contributed by atoms with van der Waals surface area (Å²) >= 11 is 5.30. The van der Waals surface area contributed by atoms with Gasteiger partial charge in [0.1, 0.15) is 5.82 Å². The Labute approximate surface area is 163 Å². The van der Waals surface area contributed by atoms with Crippen LogP contribution >= 0.6 is 12.2 Å². The third-order valence-electron chi connectivity index (χ3n) is 5.10. The van der Waals surface area contributed by atoms with E-state index in [2.05, 4.69) is 20.6 Å². The molecule has 2 aliphatic rings. The van der Waals surface area contributed by atoms with E-state index in [9.17, 15) is 13.2 Å². The quantitative estimate of drug-likeness (QED) is 0.575. The van der Waals surface area contributed by atoms with Crippen molar-refractivity contribution in [2.45, 2.75) is 70.0 Å². The number of nitrogens with one attached hydrogen (secondary N) is 2. The van der Waals surface area contributed by atoms with Gasteiger partial charge in [-0.2, -0.15) is 18.2 Å². The van der Waals surface area contributed by atoms with Crippen molar-refractivity contribution in [1.29, 1.82) is 0 Å². The van der Waals surface area contributed by atoms with Crippen molar-refractivity contribution >= 4 is 29.1 Å². The number of hydrogen-bond acceptors (Lipinski definition) is 4. The van der Waals surface area contributed by atoms with Crippen LogP contribution in [0.4, 0.5) is 24.9 Å². The van der Waals surface area contributed by atoms with Crippen LogP contribution in [0.15, 0.2) is 6.07 Å². The topological polar surface area (TPSA) is 53.1 Å². The number of halogens is 3. The largest absolute Gasteiger partial charge is 0.433 e. The molecule has 0 spiro atoms. The third kappa shape index (κ3) is 5.92. The summed E-state index contributed by atoms with van der Waals surface area (Å²) in [5.41, 5.74) is -0.946. The van der Waals surface area contributed by atoms with E-state index < -0.39 is 11.9 Å². The number of piperidine rings is 1. The molecule has 3 rings (SSSR count). The number of anilines is 2. The van der Waals surface area contributed by atoms with Gasteiger partial charge in [-0.25, -0.2) is 4.98 Å². The van der Waals surface area contributed by atoms with Gasteiger partial charge in [-0.05, 0) is 44.3 Å². The van der Waals surface area contributed by atoms with E-state index in [-0.39, 0.29) is 17.1 Å². The minimum Gasteiger partial charge on any atom is -0.360 e. The Morgan fingerprint density at radius 2 is 1.63 bits per heavy atom. The van der Waals surface area contributed by atoms with Crippen molar-refractivity contribution in [1.82, 2.24) is 15.3 Å². The Kier molecular flexibility index (Phi) is 6.73. The van der Waals surface area contributed by atoms with Crippen LogP contribution < -0.4 is 15.5 Å². The maximum absolute atomic E-state index is 13.3. The summed E-state index contributed by atoms with van der Waals surface area (Å²) in [6.45, 7) is 1.41. The molecule has 150 valence electrons. The fraction of sp³-hybridized carbons (Fsp3) is 0.722. The molecule has 1 aromatic heterocycles. The lowest BCUT2D eigenvalue weighted by atomic mass is 10.1. The summed E-state index contributed by atoms with van der Waals surface area (Å²) < 4.78 is 39.9. The Balaban J connectivity index is 1.73. The second kappa shape index (κ2) is 9.03. The first kappa shape index (κ1) is 20.1. The lowest BCUT2D eigenvalue weighted by Gasteiger charge is -2.28. The van der Waals surface area contributed by atoms with Gasteiger partial charge in [-0.15, -0.1) is 0 Å². The van der Waals surface area contributed by atoms with Crippen LogP contribution in [0.25, 0.3) is 0 Å². The number of hydrogen-bond donors (Lipinski definition) is 2. The van der Waals surface area contributed by atoms with Crippen molar-refractivity contribution in [3.63, 3.8) is 0 Å². The van der Waals surface area contributed by atoms with Crippen LogP contribution in [-0.4, -0.2) is 34.2 Å². The molecular formula is C18H26F3N5S. The van der Waals surface area contributed by atoms with Crippen LogP contribution in [0.1, 0.15) is 63.5 Å². The molecule has 9 heteroatoms. The Bertz CT molecular complexity index is 638. The Morgan fingerprint density at radius 3 is 2.26 bits per heavy atom. The van der Waals surface area contributed by atoms with Crippen molar-refractivity contribution in [3.8, 4) is 0 Å². The molecule has 1 aliphatic carbocycles. The van der Waals surface area contributed by atoms with Gasteiger partial charge < -0.3 is 15.5 Å². The van der Waals surface area contributed by atoms with E-state index in [1.165, 1.54) is 12.8 Å². The van der Waals surface area contributed by atoms with Gasteiger partial charge in [0.05, 0.1) is 0 Å². The summed E-state index contributed by atoms with van der Waals surface area (Å²) in [4.78, 5) is 9.83. The van der Waals surface area contributed by atoms with E-state index in [0.29, 0.717) is 18.9 Å². The van der Waals surface area contributed by atoms with E-state index in [0.717, 1.165) is 51.0 Å². The summed E-state index contributed by atoms with van der Waals surface area (Å²) in [7, 11) is 0. The zero-order chi connectivity index (χ0) is 19.3. The second-order valence-electron chi connectivity index (χ2n) is 7.27. The highest BCUT2D eigenvalue weighted by Gasteiger charge is 2.34. The average molecular weight is 402 g/mol. The molecule has 5 nitrogen and oxygen atoms in total. The van der Waals surface area contributed by atoms with Crippen LogP contribution in [0.5, 0.6) is 0 Å². The molecule has 1 aliphatic heterocycles. The third-order valence-corrected chi connectivity index (χ3v) is 5.32. The van der Waals surface area contributed by atoms with Crippen molar-refractivity contribution < 1.29 is 13.2 Å². The van der Waals surface area contributed by atoms with Gasteiger partial charge in [0.25, 0.3) is 0 Å². The Morgan fingerprint density at radius 1 is 1.00 bits per heavy atom. The van der Waals surface area contributed by atoms with Gasteiger partial charge in [-0.1, -0.05) is 25.7 Å². The molecule has 0 unspecified atom stereocenters. The van der Waals surface area contributed by atoms with E-state index in [1.54, 1.807) is 0 Å². The maximum atomic E-state index is 13.3. The number of aromatic nitrogens is 2.